The molecule has 0 aliphatic heterocycles. The smallest absolute Gasteiger partial charge is 0.455 e. The van der Waals surface area contributed by atoms with E-state index in [0.29, 0.717) is 0 Å². The number of rotatable bonds is 6. The minimum absolute atomic E-state index is 0.117. The summed E-state index contributed by atoms with van der Waals surface area (Å²) in [6.45, 7) is 5.00. The van der Waals surface area contributed by atoms with Gasteiger partial charge in [0.2, 0.25) is 0 Å². The number of ether oxygens (including phenoxy) is 1. The van der Waals surface area contributed by atoms with E-state index in [2.05, 4.69) is 4.52 Å². The van der Waals surface area contributed by atoms with Crippen molar-refractivity contribution in [2.45, 2.75) is 26.9 Å². The summed E-state index contributed by atoms with van der Waals surface area (Å²) in [7, 11) is -4.70. The first-order chi connectivity index (χ1) is 9.69. The summed E-state index contributed by atoms with van der Waals surface area (Å²) in [5.41, 5.74) is 0.821. The van der Waals surface area contributed by atoms with Gasteiger partial charge in [0.1, 0.15) is 11.9 Å². The van der Waals surface area contributed by atoms with Gasteiger partial charge in [0.15, 0.2) is 0 Å². The molecule has 2 N–H and O–H groups in total. The number of benzene rings is 1. The van der Waals surface area contributed by atoms with Crippen LogP contribution in [-0.2, 0) is 18.6 Å². The molecule has 7 heteroatoms. The largest absolute Gasteiger partial charge is 0.524 e. The molecule has 1 rings (SSSR count). The average molecular weight is 314 g/mol. The molecule has 0 spiro atoms. The monoisotopic (exact) mass is 314 g/mol. The molecule has 0 saturated carbocycles. The normalized spacial score (nSPS) is 13.9. The van der Waals surface area contributed by atoms with Crippen molar-refractivity contribution in [1.82, 2.24) is 0 Å². The number of phosphoric ester groups is 1. The van der Waals surface area contributed by atoms with Crippen molar-refractivity contribution in [3.8, 4) is 0 Å². The Kier molecular flexibility index (Phi) is 6.15. The van der Waals surface area contributed by atoms with Crippen LogP contribution in [0.4, 0.5) is 0 Å². The quantitative estimate of drug-likeness (QED) is 0.363. The van der Waals surface area contributed by atoms with E-state index in [1.165, 1.54) is 0 Å². The van der Waals surface area contributed by atoms with Gasteiger partial charge in [-0.3, -0.25) is 9.79 Å². The van der Waals surface area contributed by atoms with Gasteiger partial charge in [0.25, 0.3) is 0 Å². The fourth-order valence-corrected chi connectivity index (χ4v) is 2.09. The van der Waals surface area contributed by atoms with Crippen LogP contribution in [0.25, 0.3) is 0 Å². The van der Waals surface area contributed by atoms with Gasteiger partial charge >= 0.3 is 13.8 Å². The van der Waals surface area contributed by atoms with Crippen LogP contribution in [0.1, 0.15) is 32.4 Å². The minimum Gasteiger partial charge on any atom is -0.455 e. The Balaban J connectivity index is 2.77. The molecule has 0 radical (unpaired) electrons. The number of hydrogen-bond donors (Lipinski definition) is 2. The fourth-order valence-electron chi connectivity index (χ4n) is 1.55. The highest BCUT2D eigenvalue weighted by Gasteiger charge is 2.21. The predicted molar refractivity (Wildman–Crippen MR) is 77.0 cm³/mol. The van der Waals surface area contributed by atoms with Gasteiger partial charge in [-0.2, -0.15) is 0 Å². The molecular formula is C14H19O6P. The lowest BCUT2D eigenvalue weighted by molar-refractivity contribution is -0.142. The van der Waals surface area contributed by atoms with Crippen LogP contribution in [0, 0.1) is 5.92 Å². The summed E-state index contributed by atoms with van der Waals surface area (Å²) in [4.78, 5) is 29.4. The van der Waals surface area contributed by atoms with Crippen LogP contribution in [0.2, 0.25) is 0 Å². The highest BCUT2D eigenvalue weighted by atomic mass is 31.2. The third-order valence-electron chi connectivity index (χ3n) is 2.62. The van der Waals surface area contributed by atoms with Crippen molar-refractivity contribution in [1.29, 1.82) is 0 Å². The van der Waals surface area contributed by atoms with Gasteiger partial charge in [0.05, 0.1) is 6.08 Å². The van der Waals surface area contributed by atoms with E-state index in [9.17, 15) is 9.36 Å². The maximum absolute atomic E-state index is 11.8. The first-order valence-corrected chi connectivity index (χ1v) is 7.94. The molecule has 0 fully saturated rings. The average Bonchev–Trinajstić information content (AvgIpc) is 2.37. The number of hydrogen-bond acceptors (Lipinski definition) is 4. The van der Waals surface area contributed by atoms with Crippen LogP contribution in [0.5, 0.6) is 0 Å². The molecule has 0 saturated heterocycles. The van der Waals surface area contributed by atoms with E-state index in [4.69, 9.17) is 14.5 Å². The van der Waals surface area contributed by atoms with Crippen molar-refractivity contribution in [3.63, 3.8) is 0 Å². The molecule has 1 aromatic carbocycles. The summed E-state index contributed by atoms with van der Waals surface area (Å²) >= 11 is 0. The van der Waals surface area contributed by atoms with Gasteiger partial charge in [-0.05, 0) is 12.5 Å². The Morgan fingerprint density at radius 3 is 2.24 bits per heavy atom. The summed E-state index contributed by atoms with van der Waals surface area (Å²) in [5, 5.41) is 0. The second kappa shape index (κ2) is 7.41. The lowest BCUT2D eigenvalue weighted by Crippen LogP contribution is -2.09. The van der Waals surface area contributed by atoms with E-state index in [1.807, 2.05) is 30.3 Å². The Morgan fingerprint density at radius 1 is 1.19 bits per heavy atom. The van der Waals surface area contributed by atoms with Crippen molar-refractivity contribution in [3.05, 3.63) is 47.7 Å². The molecule has 6 nitrogen and oxygen atoms in total. The molecule has 1 atom stereocenters. The highest BCUT2D eigenvalue weighted by Crippen LogP contribution is 2.40. The zero-order valence-corrected chi connectivity index (χ0v) is 13.0. The molecule has 0 bridgehead atoms. The predicted octanol–water partition coefficient (Wildman–Crippen LogP) is 2.94. The van der Waals surface area contributed by atoms with E-state index >= 15 is 0 Å². The molecule has 1 aromatic rings. The van der Waals surface area contributed by atoms with Crippen molar-refractivity contribution >= 4 is 13.8 Å². The Bertz CT molecular complexity index is 546. The third kappa shape index (κ3) is 6.58. The van der Waals surface area contributed by atoms with Crippen molar-refractivity contribution in [2.24, 2.45) is 5.92 Å². The van der Waals surface area contributed by atoms with Crippen molar-refractivity contribution in [2.75, 3.05) is 0 Å². The molecule has 0 aromatic heterocycles. The molecule has 0 heterocycles. The summed E-state index contributed by atoms with van der Waals surface area (Å²) in [6.07, 6.45) is 0.488. The topological polar surface area (TPSA) is 93.1 Å². The van der Waals surface area contributed by atoms with Gasteiger partial charge in [-0.25, -0.2) is 9.36 Å². The fraction of sp³-hybridized carbons (Fsp3) is 0.357. The SMILES string of the molecule is CC(C)C(=CC(=O)OC(C)c1ccccc1)OP(=O)(O)O. The lowest BCUT2D eigenvalue weighted by Gasteiger charge is -2.15. The van der Waals surface area contributed by atoms with E-state index in [-0.39, 0.29) is 11.7 Å². The van der Waals surface area contributed by atoms with Gasteiger partial charge in [0, 0.05) is 5.92 Å². The Labute approximate surface area is 123 Å². The van der Waals surface area contributed by atoms with Crippen LogP contribution in [0.3, 0.4) is 0 Å². The molecule has 0 amide bonds. The standard InChI is InChI=1S/C14H19O6P/c1-10(2)13(20-21(16,17)18)9-14(15)19-11(3)12-7-5-4-6-8-12/h4-11H,1-3H3,(H2,16,17,18). The highest BCUT2D eigenvalue weighted by molar-refractivity contribution is 7.46. The summed E-state index contributed by atoms with van der Waals surface area (Å²) in [6, 6.07) is 9.13. The zero-order chi connectivity index (χ0) is 16.0. The second-order valence-corrected chi connectivity index (χ2v) is 5.94. The first kappa shape index (κ1) is 17.4. The minimum atomic E-state index is -4.70. The maximum Gasteiger partial charge on any atom is 0.524 e. The first-order valence-electron chi connectivity index (χ1n) is 6.41. The molecular weight excluding hydrogens is 295 g/mol. The number of carbonyl (C=O) groups is 1. The van der Waals surface area contributed by atoms with Crippen LogP contribution >= 0.6 is 7.82 Å². The van der Waals surface area contributed by atoms with Gasteiger partial charge in [-0.1, -0.05) is 44.2 Å². The maximum atomic E-state index is 11.8. The van der Waals surface area contributed by atoms with E-state index in [0.717, 1.165) is 11.6 Å². The van der Waals surface area contributed by atoms with Crippen LogP contribution in [-0.4, -0.2) is 15.8 Å². The third-order valence-corrected chi connectivity index (χ3v) is 3.06. The molecule has 1 unspecified atom stereocenters. The summed E-state index contributed by atoms with van der Waals surface area (Å²) < 4.78 is 20.5. The number of esters is 1. The van der Waals surface area contributed by atoms with Gasteiger partial charge in [-0.15, -0.1) is 0 Å². The molecule has 0 aliphatic rings. The second-order valence-electron chi connectivity index (χ2n) is 4.77. The van der Waals surface area contributed by atoms with Crippen molar-refractivity contribution < 1.29 is 28.4 Å². The molecule has 116 valence electrons. The van der Waals surface area contributed by atoms with Crippen LogP contribution < -0.4 is 0 Å². The van der Waals surface area contributed by atoms with E-state index in [1.54, 1.807) is 20.8 Å². The Hall–Kier alpha value is -1.62. The number of allylic oxidation sites excluding steroid dienone is 1. The summed E-state index contributed by atoms with van der Waals surface area (Å²) in [5.74, 6) is -1.20. The van der Waals surface area contributed by atoms with E-state index < -0.39 is 19.9 Å². The van der Waals surface area contributed by atoms with Gasteiger partial charge < -0.3 is 9.26 Å². The number of phosphoric acid groups is 1. The lowest BCUT2D eigenvalue weighted by atomic mass is 10.1. The molecule has 0 aliphatic carbocycles. The number of carbonyl (C=O) groups excluding carboxylic acids is 1. The molecule has 21 heavy (non-hydrogen) atoms. The van der Waals surface area contributed by atoms with Crippen LogP contribution in [0.15, 0.2) is 42.2 Å². The Morgan fingerprint density at radius 2 is 1.76 bits per heavy atom. The zero-order valence-electron chi connectivity index (χ0n) is 12.1.